The van der Waals surface area contributed by atoms with Crippen LogP contribution >= 0.6 is 11.3 Å². The molecule has 0 amide bonds. The zero-order chi connectivity index (χ0) is 22.9. The van der Waals surface area contributed by atoms with E-state index in [1.807, 2.05) is 35.7 Å². The molecule has 7 nitrogen and oxygen atoms in total. The first-order chi connectivity index (χ1) is 16.0. The fourth-order valence-corrected chi connectivity index (χ4v) is 4.66. The van der Waals surface area contributed by atoms with Crippen molar-refractivity contribution in [3.05, 3.63) is 97.6 Å². The molecule has 4 aromatic rings. The van der Waals surface area contributed by atoms with E-state index in [-0.39, 0.29) is 17.4 Å². The highest BCUT2D eigenvalue weighted by molar-refractivity contribution is 7.07. The van der Waals surface area contributed by atoms with Crippen molar-refractivity contribution in [3.8, 4) is 22.8 Å². The van der Waals surface area contributed by atoms with Gasteiger partial charge in [0, 0.05) is 17.5 Å². The van der Waals surface area contributed by atoms with Gasteiger partial charge < -0.3 is 14.0 Å². The second kappa shape index (κ2) is 8.55. The van der Waals surface area contributed by atoms with E-state index in [0.717, 1.165) is 44.4 Å². The summed E-state index contributed by atoms with van der Waals surface area (Å²) in [5.41, 5.74) is 6.19. The number of non-ortho nitro benzene ring substituents is 1. The van der Waals surface area contributed by atoms with Crippen molar-refractivity contribution in [1.82, 2.24) is 4.57 Å². The number of rotatable bonds is 5. The highest BCUT2D eigenvalue weighted by Gasteiger charge is 2.16. The molecule has 0 unspecified atom stereocenters. The summed E-state index contributed by atoms with van der Waals surface area (Å²) in [6.07, 6.45) is 0. The first-order valence-electron chi connectivity index (χ1n) is 10.4. The second-order valence-corrected chi connectivity index (χ2v) is 8.65. The Kier molecular flexibility index (Phi) is 5.43. The van der Waals surface area contributed by atoms with Gasteiger partial charge in [-0.25, -0.2) is 4.99 Å². The third-order valence-corrected chi connectivity index (χ3v) is 6.60. The van der Waals surface area contributed by atoms with E-state index in [2.05, 4.69) is 24.5 Å². The van der Waals surface area contributed by atoms with Crippen molar-refractivity contribution in [2.24, 2.45) is 4.99 Å². The molecular weight excluding hydrogens is 438 g/mol. The van der Waals surface area contributed by atoms with Crippen LogP contribution in [0.4, 0.5) is 11.4 Å². The molecule has 0 N–H and O–H groups in total. The predicted octanol–water partition coefficient (Wildman–Crippen LogP) is 5.75. The number of benzene rings is 3. The van der Waals surface area contributed by atoms with E-state index in [1.54, 1.807) is 23.5 Å². The molecule has 0 saturated carbocycles. The number of ether oxygens (including phenoxy) is 2. The molecule has 1 aliphatic rings. The summed E-state index contributed by atoms with van der Waals surface area (Å²) in [6.45, 7) is 4.94. The van der Waals surface area contributed by atoms with Gasteiger partial charge in [0.1, 0.15) is 0 Å². The van der Waals surface area contributed by atoms with E-state index in [9.17, 15) is 10.1 Å². The van der Waals surface area contributed by atoms with Crippen LogP contribution in [0, 0.1) is 24.0 Å². The lowest BCUT2D eigenvalue weighted by Gasteiger charge is -2.11. The molecule has 0 atom stereocenters. The number of nitro benzene ring substituents is 1. The number of hydrogen-bond acceptors (Lipinski definition) is 6. The summed E-state index contributed by atoms with van der Waals surface area (Å²) in [6, 6.07) is 18.6. The van der Waals surface area contributed by atoms with Crippen LogP contribution in [-0.2, 0) is 6.54 Å². The Labute approximate surface area is 194 Å². The minimum atomic E-state index is -0.390. The molecule has 0 spiro atoms. The van der Waals surface area contributed by atoms with E-state index in [4.69, 9.17) is 14.5 Å². The SMILES string of the molecule is Cc1cccc(N=c2scc(-c3ccc([N+](=O)[O-])cc3)n2Cc2ccc3c(c2)OCO3)c1C. The number of hydrogen-bond donors (Lipinski definition) is 0. The quantitative estimate of drug-likeness (QED) is 0.281. The van der Waals surface area contributed by atoms with Crippen LogP contribution in [0.2, 0.25) is 0 Å². The van der Waals surface area contributed by atoms with Gasteiger partial charge in [0.25, 0.3) is 5.69 Å². The first kappa shape index (κ1) is 21.0. The molecule has 0 aliphatic carbocycles. The summed E-state index contributed by atoms with van der Waals surface area (Å²) >= 11 is 1.54. The lowest BCUT2D eigenvalue weighted by Crippen LogP contribution is -2.16. The molecule has 166 valence electrons. The van der Waals surface area contributed by atoms with Crippen LogP contribution in [-0.4, -0.2) is 16.3 Å². The molecular formula is C25H21N3O4S. The summed E-state index contributed by atoms with van der Waals surface area (Å²) in [7, 11) is 0. The first-order valence-corrected chi connectivity index (χ1v) is 11.3. The van der Waals surface area contributed by atoms with Crippen LogP contribution in [0.25, 0.3) is 11.3 Å². The number of thiazole rings is 1. The van der Waals surface area contributed by atoms with Crippen molar-refractivity contribution in [3.63, 3.8) is 0 Å². The highest BCUT2D eigenvalue weighted by Crippen LogP contribution is 2.33. The molecule has 3 aromatic carbocycles. The van der Waals surface area contributed by atoms with Crippen molar-refractivity contribution < 1.29 is 14.4 Å². The van der Waals surface area contributed by atoms with Crippen molar-refractivity contribution >= 4 is 22.7 Å². The summed E-state index contributed by atoms with van der Waals surface area (Å²) in [4.78, 5) is 16.5. The Bertz CT molecular complexity index is 1420. The number of aromatic nitrogens is 1. The Morgan fingerprint density at radius 1 is 1.06 bits per heavy atom. The van der Waals surface area contributed by atoms with Gasteiger partial charge in [-0.15, -0.1) is 11.3 Å². The van der Waals surface area contributed by atoms with Gasteiger partial charge in [-0.05, 0) is 66.4 Å². The third kappa shape index (κ3) is 4.12. The lowest BCUT2D eigenvalue weighted by atomic mass is 10.1. The fraction of sp³-hybridized carbons (Fsp3) is 0.160. The average Bonchev–Trinajstić information content (AvgIpc) is 3.44. The van der Waals surface area contributed by atoms with Crippen molar-refractivity contribution in [2.45, 2.75) is 20.4 Å². The smallest absolute Gasteiger partial charge is 0.269 e. The molecule has 0 bridgehead atoms. The number of aryl methyl sites for hydroxylation is 1. The fourth-order valence-electron chi connectivity index (χ4n) is 3.74. The molecule has 0 fully saturated rings. The normalized spacial score (nSPS) is 12.8. The summed E-state index contributed by atoms with van der Waals surface area (Å²) < 4.78 is 13.1. The maximum Gasteiger partial charge on any atom is 0.269 e. The summed E-state index contributed by atoms with van der Waals surface area (Å²) in [5, 5.41) is 13.1. The topological polar surface area (TPSA) is 78.9 Å². The minimum Gasteiger partial charge on any atom is -0.454 e. The highest BCUT2D eigenvalue weighted by atomic mass is 32.1. The van der Waals surface area contributed by atoms with Gasteiger partial charge >= 0.3 is 0 Å². The van der Waals surface area contributed by atoms with E-state index in [1.165, 1.54) is 17.7 Å². The lowest BCUT2D eigenvalue weighted by molar-refractivity contribution is -0.384. The van der Waals surface area contributed by atoms with Crippen LogP contribution in [0.5, 0.6) is 11.5 Å². The molecule has 0 radical (unpaired) electrons. The largest absolute Gasteiger partial charge is 0.454 e. The molecule has 5 rings (SSSR count). The predicted molar refractivity (Wildman–Crippen MR) is 127 cm³/mol. The molecule has 0 saturated heterocycles. The van der Waals surface area contributed by atoms with Gasteiger partial charge in [-0.3, -0.25) is 10.1 Å². The zero-order valence-corrected chi connectivity index (χ0v) is 19.0. The van der Waals surface area contributed by atoms with Gasteiger partial charge in [0.2, 0.25) is 6.79 Å². The van der Waals surface area contributed by atoms with Gasteiger partial charge in [0.15, 0.2) is 16.3 Å². The molecule has 8 heteroatoms. The Morgan fingerprint density at radius 3 is 2.64 bits per heavy atom. The number of nitro groups is 1. The maximum absolute atomic E-state index is 11.1. The molecule has 1 aromatic heterocycles. The van der Waals surface area contributed by atoms with Crippen LogP contribution in [0.1, 0.15) is 16.7 Å². The van der Waals surface area contributed by atoms with Gasteiger partial charge in [0.05, 0.1) is 22.8 Å². The Balaban J connectivity index is 1.63. The average molecular weight is 460 g/mol. The molecule has 2 heterocycles. The standard InChI is InChI=1S/C25H21N3O4S/c1-16-4-3-5-21(17(16)2)26-25-27(13-18-6-11-23-24(12-18)32-15-31-23)22(14-33-25)19-7-9-20(10-8-19)28(29)30/h3-12,14H,13,15H2,1-2H3. The zero-order valence-electron chi connectivity index (χ0n) is 18.1. The maximum atomic E-state index is 11.1. The van der Waals surface area contributed by atoms with Crippen molar-refractivity contribution in [2.75, 3.05) is 6.79 Å². The van der Waals surface area contributed by atoms with Crippen LogP contribution in [0.3, 0.4) is 0 Å². The second-order valence-electron chi connectivity index (χ2n) is 7.81. The monoisotopic (exact) mass is 459 g/mol. The van der Waals surface area contributed by atoms with Gasteiger partial charge in [-0.1, -0.05) is 18.2 Å². The van der Waals surface area contributed by atoms with Crippen LogP contribution < -0.4 is 14.3 Å². The van der Waals surface area contributed by atoms with E-state index in [0.29, 0.717) is 6.54 Å². The minimum absolute atomic E-state index is 0.0663. The van der Waals surface area contributed by atoms with E-state index >= 15 is 0 Å². The van der Waals surface area contributed by atoms with Crippen molar-refractivity contribution in [1.29, 1.82) is 0 Å². The molecule has 33 heavy (non-hydrogen) atoms. The Hall–Kier alpha value is -3.91. The third-order valence-electron chi connectivity index (χ3n) is 5.74. The number of nitrogens with zero attached hydrogens (tertiary/aromatic N) is 3. The van der Waals surface area contributed by atoms with Crippen LogP contribution in [0.15, 0.2) is 71.0 Å². The molecule has 1 aliphatic heterocycles. The summed E-state index contributed by atoms with van der Waals surface area (Å²) in [5.74, 6) is 1.47. The number of fused-ring (bicyclic) bond motifs is 1. The van der Waals surface area contributed by atoms with E-state index < -0.39 is 0 Å². The van der Waals surface area contributed by atoms with Gasteiger partial charge in [-0.2, -0.15) is 0 Å². The Morgan fingerprint density at radius 2 is 1.85 bits per heavy atom.